The summed E-state index contributed by atoms with van der Waals surface area (Å²) in [6.45, 7) is 3.39. The predicted molar refractivity (Wildman–Crippen MR) is 120 cm³/mol. The van der Waals surface area contributed by atoms with E-state index in [2.05, 4.69) is 5.32 Å². The Morgan fingerprint density at radius 1 is 1.16 bits per heavy atom. The highest BCUT2D eigenvalue weighted by atomic mass is 32.2. The molecule has 4 rings (SSSR count). The fourth-order valence-electron chi connectivity index (χ4n) is 3.58. The number of nitrogens with zero attached hydrogens (tertiary/aromatic N) is 2. The van der Waals surface area contributed by atoms with Crippen molar-refractivity contribution in [3.05, 3.63) is 75.7 Å². The first-order chi connectivity index (χ1) is 14.9. The molecule has 1 aromatic carbocycles. The summed E-state index contributed by atoms with van der Waals surface area (Å²) in [5.74, 6) is -0.329. The Bertz CT molecular complexity index is 1150. The SMILES string of the molecule is Cc1ccc(C(NC(=O)c2cc(S(=O)(=O)N3CCOCC3)cn2C)c2cccs2)cc1. The van der Waals surface area contributed by atoms with Crippen LogP contribution in [0.4, 0.5) is 0 Å². The van der Waals surface area contributed by atoms with E-state index < -0.39 is 10.0 Å². The Morgan fingerprint density at radius 3 is 2.52 bits per heavy atom. The number of aryl methyl sites for hydroxylation is 2. The number of aromatic nitrogens is 1. The van der Waals surface area contributed by atoms with Gasteiger partial charge in [-0.05, 0) is 30.0 Å². The average Bonchev–Trinajstić information content (AvgIpc) is 3.43. The van der Waals surface area contributed by atoms with Crippen molar-refractivity contribution >= 4 is 27.3 Å². The molecule has 0 saturated carbocycles. The number of morpholine rings is 1. The summed E-state index contributed by atoms with van der Waals surface area (Å²) in [6.07, 6.45) is 1.49. The monoisotopic (exact) mass is 459 g/mol. The van der Waals surface area contributed by atoms with Gasteiger partial charge in [-0.15, -0.1) is 11.3 Å². The fourth-order valence-corrected chi connectivity index (χ4v) is 5.86. The van der Waals surface area contributed by atoms with Crippen LogP contribution in [0.5, 0.6) is 0 Å². The molecule has 1 aliphatic heterocycles. The van der Waals surface area contributed by atoms with E-state index in [0.29, 0.717) is 32.0 Å². The van der Waals surface area contributed by atoms with Gasteiger partial charge in [0.05, 0.1) is 19.3 Å². The number of carbonyl (C=O) groups excluding carboxylic acids is 1. The van der Waals surface area contributed by atoms with Gasteiger partial charge >= 0.3 is 0 Å². The van der Waals surface area contributed by atoms with Crippen molar-refractivity contribution in [2.75, 3.05) is 26.3 Å². The van der Waals surface area contributed by atoms with Crippen LogP contribution in [-0.2, 0) is 21.8 Å². The first-order valence-corrected chi connectivity index (χ1v) is 12.3. The highest BCUT2D eigenvalue weighted by molar-refractivity contribution is 7.89. The first kappa shape index (κ1) is 21.8. The third-order valence-electron chi connectivity index (χ3n) is 5.33. The molecule has 1 aliphatic rings. The summed E-state index contributed by atoms with van der Waals surface area (Å²) in [4.78, 5) is 14.3. The van der Waals surface area contributed by atoms with Gasteiger partial charge in [0.1, 0.15) is 10.6 Å². The van der Waals surface area contributed by atoms with E-state index in [1.54, 1.807) is 23.0 Å². The van der Waals surface area contributed by atoms with Crippen LogP contribution in [0, 0.1) is 6.92 Å². The average molecular weight is 460 g/mol. The molecule has 2 aromatic heterocycles. The standard InChI is InChI=1S/C22H25N3O4S2/c1-16-5-7-17(8-6-16)21(20-4-3-13-30-20)23-22(26)19-14-18(15-24(19)2)31(27,28)25-9-11-29-12-10-25/h3-8,13-15,21H,9-12H2,1-2H3,(H,23,26). The van der Waals surface area contributed by atoms with Gasteiger partial charge in [0.15, 0.2) is 0 Å². The zero-order valence-corrected chi connectivity index (χ0v) is 19.1. The van der Waals surface area contributed by atoms with E-state index in [0.717, 1.165) is 16.0 Å². The minimum Gasteiger partial charge on any atom is -0.379 e. The molecule has 9 heteroatoms. The van der Waals surface area contributed by atoms with E-state index in [1.165, 1.54) is 16.6 Å². The number of hydrogen-bond donors (Lipinski definition) is 1. The predicted octanol–water partition coefficient (Wildman–Crippen LogP) is 2.94. The summed E-state index contributed by atoms with van der Waals surface area (Å²) in [5.41, 5.74) is 2.40. The van der Waals surface area contributed by atoms with Crippen LogP contribution < -0.4 is 5.32 Å². The number of rotatable bonds is 6. The fraction of sp³-hybridized carbons (Fsp3) is 0.318. The Morgan fingerprint density at radius 2 is 1.87 bits per heavy atom. The molecule has 31 heavy (non-hydrogen) atoms. The highest BCUT2D eigenvalue weighted by Gasteiger charge is 2.29. The van der Waals surface area contributed by atoms with Crippen LogP contribution in [0.15, 0.2) is 58.9 Å². The molecule has 1 amide bonds. The molecule has 7 nitrogen and oxygen atoms in total. The van der Waals surface area contributed by atoms with Crippen molar-refractivity contribution in [1.29, 1.82) is 0 Å². The first-order valence-electron chi connectivity index (χ1n) is 10.0. The number of benzene rings is 1. The maximum atomic E-state index is 13.2. The maximum Gasteiger partial charge on any atom is 0.268 e. The molecule has 1 atom stereocenters. The van der Waals surface area contributed by atoms with E-state index in [4.69, 9.17) is 4.74 Å². The largest absolute Gasteiger partial charge is 0.379 e. The van der Waals surface area contributed by atoms with Crippen LogP contribution in [-0.4, -0.2) is 49.5 Å². The van der Waals surface area contributed by atoms with Crippen LogP contribution >= 0.6 is 11.3 Å². The summed E-state index contributed by atoms with van der Waals surface area (Å²) < 4.78 is 34.1. The third-order valence-corrected chi connectivity index (χ3v) is 8.14. The molecule has 0 spiro atoms. The lowest BCUT2D eigenvalue weighted by Gasteiger charge is -2.25. The second kappa shape index (κ2) is 8.96. The number of carbonyl (C=O) groups is 1. The lowest BCUT2D eigenvalue weighted by molar-refractivity contribution is 0.0730. The van der Waals surface area contributed by atoms with Crippen molar-refractivity contribution in [3.63, 3.8) is 0 Å². The van der Waals surface area contributed by atoms with Gasteiger partial charge in [-0.3, -0.25) is 4.79 Å². The van der Waals surface area contributed by atoms with Gasteiger partial charge in [0.25, 0.3) is 5.91 Å². The Hall–Kier alpha value is -2.46. The molecule has 0 bridgehead atoms. The molecule has 164 valence electrons. The van der Waals surface area contributed by atoms with Crippen LogP contribution in [0.2, 0.25) is 0 Å². The number of ether oxygens (including phenoxy) is 1. The molecule has 1 unspecified atom stereocenters. The highest BCUT2D eigenvalue weighted by Crippen LogP contribution is 2.27. The minimum atomic E-state index is -3.67. The smallest absolute Gasteiger partial charge is 0.268 e. The molecule has 1 saturated heterocycles. The summed E-state index contributed by atoms with van der Waals surface area (Å²) in [5, 5.41) is 5.05. The van der Waals surface area contributed by atoms with Crippen molar-refractivity contribution in [2.24, 2.45) is 7.05 Å². The van der Waals surface area contributed by atoms with Gasteiger partial charge in [-0.2, -0.15) is 4.31 Å². The van der Waals surface area contributed by atoms with Crippen molar-refractivity contribution in [1.82, 2.24) is 14.2 Å². The summed E-state index contributed by atoms with van der Waals surface area (Å²) in [7, 11) is -1.99. The van der Waals surface area contributed by atoms with Crippen LogP contribution in [0.25, 0.3) is 0 Å². The molecule has 3 heterocycles. The molecule has 1 N–H and O–H groups in total. The van der Waals surface area contributed by atoms with E-state index >= 15 is 0 Å². The molecule has 1 fully saturated rings. The van der Waals surface area contributed by atoms with E-state index in [9.17, 15) is 13.2 Å². The normalized spacial score (nSPS) is 16.2. The maximum absolute atomic E-state index is 13.2. The second-order valence-electron chi connectivity index (χ2n) is 7.52. The van der Waals surface area contributed by atoms with Gasteiger partial charge < -0.3 is 14.6 Å². The van der Waals surface area contributed by atoms with E-state index in [1.807, 2.05) is 48.7 Å². The quantitative estimate of drug-likeness (QED) is 0.615. The Labute approximate surface area is 186 Å². The Kier molecular flexibility index (Phi) is 6.29. The number of amides is 1. The summed E-state index contributed by atoms with van der Waals surface area (Å²) in [6, 6.07) is 13.1. The lowest BCUT2D eigenvalue weighted by atomic mass is 10.0. The number of nitrogens with one attached hydrogen (secondary N) is 1. The number of sulfonamides is 1. The van der Waals surface area contributed by atoms with E-state index in [-0.39, 0.29) is 16.8 Å². The zero-order chi connectivity index (χ0) is 22.0. The second-order valence-corrected chi connectivity index (χ2v) is 10.4. The van der Waals surface area contributed by atoms with Gasteiger partial charge in [0, 0.05) is 31.2 Å². The molecular weight excluding hydrogens is 434 g/mol. The van der Waals surface area contributed by atoms with Crippen molar-refractivity contribution in [3.8, 4) is 0 Å². The zero-order valence-electron chi connectivity index (χ0n) is 17.4. The van der Waals surface area contributed by atoms with Crippen LogP contribution in [0.3, 0.4) is 0 Å². The topological polar surface area (TPSA) is 80.6 Å². The molecule has 0 radical (unpaired) electrons. The van der Waals surface area contributed by atoms with Gasteiger partial charge in [-0.25, -0.2) is 8.42 Å². The number of thiophene rings is 1. The van der Waals surface area contributed by atoms with Gasteiger partial charge in [0.2, 0.25) is 10.0 Å². The molecule has 0 aliphatic carbocycles. The molecular formula is C22H25N3O4S2. The minimum absolute atomic E-state index is 0.116. The van der Waals surface area contributed by atoms with Crippen molar-refractivity contribution < 1.29 is 17.9 Å². The lowest BCUT2D eigenvalue weighted by Crippen LogP contribution is -2.40. The third kappa shape index (κ3) is 4.59. The summed E-state index contributed by atoms with van der Waals surface area (Å²) >= 11 is 1.56. The van der Waals surface area contributed by atoms with Crippen molar-refractivity contribution in [2.45, 2.75) is 17.9 Å². The number of hydrogen-bond acceptors (Lipinski definition) is 5. The molecule has 3 aromatic rings. The Balaban J connectivity index is 1.60. The van der Waals surface area contributed by atoms with Crippen LogP contribution in [0.1, 0.15) is 32.5 Å². The van der Waals surface area contributed by atoms with Gasteiger partial charge in [-0.1, -0.05) is 35.9 Å².